The van der Waals surface area contributed by atoms with Crippen LogP contribution < -0.4 is 9.47 Å². The number of unbranched alkanes of at least 4 members (excludes halogenated alkanes) is 1. The number of ketones is 2. The van der Waals surface area contributed by atoms with E-state index >= 15 is 0 Å². The van der Waals surface area contributed by atoms with Gasteiger partial charge in [0.2, 0.25) is 5.78 Å². The first-order valence-electron chi connectivity index (χ1n) is 8.07. The molecule has 1 aromatic carbocycles. The van der Waals surface area contributed by atoms with Gasteiger partial charge in [0.15, 0.2) is 19.2 Å². The van der Waals surface area contributed by atoms with Crippen molar-refractivity contribution in [2.45, 2.75) is 33.1 Å². The summed E-state index contributed by atoms with van der Waals surface area (Å²) in [4.78, 5) is 35.0. The van der Waals surface area contributed by atoms with E-state index < -0.39 is 0 Å². The molecule has 0 saturated carbocycles. The Morgan fingerprint density at radius 3 is 2.64 bits per heavy atom. The number of fused-ring (bicyclic) bond motifs is 1. The average molecular weight is 350 g/mol. The number of hydrogen-bond acceptors (Lipinski definition) is 7. The molecule has 25 heavy (non-hydrogen) atoms. The highest BCUT2D eigenvalue weighted by molar-refractivity contribution is 6.07. The Morgan fingerprint density at radius 1 is 1.24 bits per heavy atom. The second-order valence-corrected chi connectivity index (χ2v) is 5.72. The standard InChI is InChI=1S/C18H22O7/c1-11(19)14-8-16-17(15(21)9-24-16)18(25-10-22-3)13(14)6-4-5-7-23-12(2)20/h8H,4-7,9-10H2,1-3H3. The summed E-state index contributed by atoms with van der Waals surface area (Å²) in [5.74, 6) is 0.0682. The van der Waals surface area contributed by atoms with E-state index in [1.54, 1.807) is 6.07 Å². The fraction of sp³-hybridized carbons (Fsp3) is 0.500. The van der Waals surface area contributed by atoms with E-state index in [9.17, 15) is 14.4 Å². The van der Waals surface area contributed by atoms with Gasteiger partial charge in [0, 0.05) is 25.2 Å². The van der Waals surface area contributed by atoms with Gasteiger partial charge in [-0.05, 0) is 32.3 Å². The minimum atomic E-state index is -0.325. The zero-order valence-corrected chi connectivity index (χ0v) is 14.7. The van der Waals surface area contributed by atoms with E-state index in [1.807, 2.05) is 0 Å². The van der Waals surface area contributed by atoms with Crippen molar-refractivity contribution in [3.63, 3.8) is 0 Å². The monoisotopic (exact) mass is 350 g/mol. The van der Waals surface area contributed by atoms with E-state index in [1.165, 1.54) is 21.0 Å². The molecule has 0 atom stereocenters. The number of carbonyl (C=O) groups excluding carboxylic acids is 3. The van der Waals surface area contributed by atoms with Crippen molar-refractivity contribution >= 4 is 17.5 Å². The molecule has 0 N–H and O–H groups in total. The normalized spacial score (nSPS) is 12.5. The van der Waals surface area contributed by atoms with Gasteiger partial charge in [-0.2, -0.15) is 0 Å². The highest BCUT2D eigenvalue weighted by Gasteiger charge is 2.31. The first kappa shape index (κ1) is 18.9. The minimum Gasteiger partial charge on any atom is -0.485 e. The van der Waals surface area contributed by atoms with E-state index in [0.717, 1.165) is 0 Å². The third-order valence-corrected chi connectivity index (χ3v) is 3.81. The molecular weight excluding hydrogens is 328 g/mol. The molecule has 7 nitrogen and oxygen atoms in total. The van der Waals surface area contributed by atoms with E-state index in [-0.39, 0.29) is 30.9 Å². The van der Waals surface area contributed by atoms with Gasteiger partial charge in [-0.1, -0.05) is 0 Å². The van der Waals surface area contributed by atoms with Crippen LogP contribution in [0.2, 0.25) is 0 Å². The summed E-state index contributed by atoms with van der Waals surface area (Å²) in [5, 5.41) is 0. The molecule has 0 unspecified atom stereocenters. The molecular formula is C18H22O7. The van der Waals surface area contributed by atoms with Crippen molar-refractivity contribution < 1.29 is 33.3 Å². The van der Waals surface area contributed by atoms with Gasteiger partial charge in [-0.25, -0.2) is 0 Å². The highest BCUT2D eigenvalue weighted by Crippen LogP contribution is 2.39. The van der Waals surface area contributed by atoms with Crippen molar-refractivity contribution in [1.82, 2.24) is 0 Å². The lowest BCUT2D eigenvalue weighted by molar-refractivity contribution is -0.141. The van der Waals surface area contributed by atoms with Gasteiger partial charge >= 0.3 is 5.97 Å². The third-order valence-electron chi connectivity index (χ3n) is 3.81. The first-order chi connectivity index (χ1) is 12.0. The Balaban J connectivity index is 2.30. The SMILES string of the molecule is COCOc1c(CCCCOC(C)=O)c(C(C)=O)cc2c1C(=O)CO2. The van der Waals surface area contributed by atoms with Crippen molar-refractivity contribution in [2.75, 3.05) is 27.1 Å². The van der Waals surface area contributed by atoms with Crippen LogP contribution >= 0.6 is 0 Å². The van der Waals surface area contributed by atoms with E-state index in [4.69, 9.17) is 18.9 Å². The predicted octanol–water partition coefficient (Wildman–Crippen LogP) is 2.33. The summed E-state index contributed by atoms with van der Waals surface area (Å²) in [6.07, 6.45) is 1.82. The van der Waals surface area contributed by atoms with Gasteiger partial charge in [0.05, 0.1) is 6.61 Å². The Labute approximate surface area is 146 Å². The van der Waals surface area contributed by atoms with Gasteiger partial charge in [0.1, 0.15) is 17.1 Å². The molecule has 1 aliphatic heterocycles. The molecule has 1 heterocycles. The molecule has 0 radical (unpaired) electrons. The molecule has 136 valence electrons. The summed E-state index contributed by atoms with van der Waals surface area (Å²) >= 11 is 0. The van der Waals surface area contributed by atoms with Crippen LogP contribution in [-0.2, 0) is 20.7 Å². The van der Waals surface area contributed by atoms with Crippen LogP contribution in [0.15, 0.2) is 6.07 Å². The van der Waals surface area contributed by atoms with Crippen molar-refractivity contribution in [2.24, 2.45) is 0 Å². The van der Waals surface area contributed by atoms with Gasteiger partial charge in [-0.15, -0.1) is 0 Å². The van der Waals surface area contributed by atoms with Crippen LogP contribution in [-0.4, -0.2) is 44.7 Å². The van der Waals surface area contributed by atoms with Crippen molar-refractivity contribution in [1.29, 1.82) is 0 Å². The van der Waals surface area contributed by atoms with Crippen LogP contribution in [0.3, 0.4) is 0 Å². The second kappa shape index (κ2) is 8.62. The highest BCUT2D eigenvalue weighted by atomic mass is 16.7. The van der Waals surface area contributed by atoms with Gasteiger partial charge in [-0.3, -0.25) is 14.4 Å². The largest absolute Gasteiger partial charge is 0.485 e. The molecule has 2 rings (SSSR count). The molecule has 7 heteroatoms. The molecule has 0 fully saturated rings. The number of benzene rings is 1. The summed E-state index contributed by atoms with van der Waals surface area (Å²) in [6, 6.07) is 1.60. The molecule has 0 aromatic heterocycles. The predicted molar refractivity (Wildman–Crippen MR) is 88.3 cm³/mol. The first-order valence-corrected chi connectivity index (χ1v) is 8.07. The van der Waals surface area contributed by atoms with E-state index in [0.29, 0.717) is 54.1 Å². The summed E-state index contributed by atoms with van der Waals surface area (Å²) < 4.78 is 20.9. The lowest BCUT2D eigenvalue weighted by Gasteiger charge is -2.17. The molecule has 0 saturated heterocycles. The molecule has 0 spiro atoms. The second-order valence-electron chi connectivity index (χ2n) is 5.72. The van der Waals surface area contributed by atoms with Crippen LogP contribution in [0.1, 0.15) is 53.0 Å². The van der Waals surface area contributed by atoms with Gasteiger partial charge < -0.3 is 18.9 Å². The number of esters is 1. The molecule has 1 aliphatic rings. The molecule has 1 aromatic rings. The Morgan fingerprint density at radius 2 is 2.00 bits per heavy atom. The van der Waals surface area contributed by atoms with Crippen LogP contribution in [0.25, 0.3) is 0 Å². The fourth-order valence-electron chi connectivity index (χ4n) is 2.73. The molecule has 0 bridgehead atoms. The number of carbonyl (C=O) groups is 3. The average Bonchev–Trinajstić information content (AvgIpc) is 2.93. The molecule has 0 amide bonds. The van der Waals surface area contributed by atoms with E-state index in [2.05, 4.69) is 0 Å². The van der Waals surface area contributed by atoms with Crippen molar-refractivity contribution in [3.05, 3.63) is 22.8 Å². The molecule has 0 aliphatic carbocycles. The Kier molecular flexibility index (Phi) is 6.52. The smallest absolute Gasteiger partial charge is 0.302 e. The summed E-state index contributed by atoms with van der Waals surface area (Å²) in [6.45, 7) is 3.02. The number of Topliss-reactive ketones (excluding diaryl/α,β-unsaturated/α-hetero) is 2. The summed E-state index contributed by atoms with van der Waals surface area (Å²) in [5.41, 5.74) is 1.48. The maximum Gasteiger partial charge on any atom is 0.302 e. The fourth-order valence-corrected chi connectivity index (χ4v) is 2.73. The lowest BCUT2D eigenvalue weighted by Crippen LogP contribution is -2.11. The Bertz CT molecular complexity index is 678. The zero-order valence-electron chi connectivity index (χ0n) is 14.7. The number of rotatable bonds is 9. The number of methoxy groups -OCH3 is 1. The van der Waals surface area contributed by atoms with Crippen LogP contribution in [0.4, 0.5) is 0 Å². The maximum atomic E-state index is 12.1. The number of ether oxygens (including phenoxy) is 4. The zero-order chi connectivity index (χ0) is 18.4. The Hall–Kier alpha value is -2.41. The summed E-state index contributed by atoms with van der Waals surface area (Å²) in [7, 11) is 1.48. The topological polar surface area (TPSA) is 88.1 Å². The van der Waals surface area contributed by atoms with Gasteiger partial charge in [0.25, 0.3) is 0 Å². The van der Waals surface area contributed by atoms with Crippen LogP contribution in [0, 0.1) is 0 Å². The third kappa shape index (κ3) is 4.57. The quantitative estimate of drug-likeness (QED) is 0.292. The van der Waals surface area contributed by atoms with Crippen molar-refractivity contribution in [3.8, 4) is 11.5 Å². The minimum absolute atomic E-state index is 0.0402. The maximum absolute atomic E-state index is 12.1. The van der Waals surface area contributed by atoms with Crippen LogP contribution in [0.5, 0.6) is 11.5 Å². The number of hydrogen-bond donors (Lipinski definition) is 0. The lowest BCUT2D eigenvalue weighted by atomic mass is 9.94.